The molecule has 1 amide bonds. The fourth-order valence-corrected chi connectivity index (χ4v) is 2.75. The van der Waals surface area contributed by atoms with E-state index in [0.717, 1.165) is 10.9 Å². The summed E-state index contributed by atoms with van der Waals surface area (Å²) in [4.78, 5) is 13.9. The highest BCUT2D eigenvalue weighted by Crippen LogP contribution is 2.35. The number of hydrogen-bond acceptors (Lipinski definition) is 3. The van der Waals surface area contributed by atoms with Crippen LogP contribution in [-0.4, -0.2) is 40.7 Å². The Kier molecular flexibility index (Phi) is 7.07. The average molecular weight is 405 g/mol. The number of carbonyl (C=O) groups is 1. The molecule has 150 valence electrons. The number of alkyl halides is 3. The summed E-state index contributed by atoms with van der Waals surface area (Å²) in [5.41, 5.74) is 4.60. The van der Waals surface area contributed by atoms with Crippen LogP contribution in [0, 0.1) is 12.3 Å². The van der Waals surface area contributed by atoms with E-state index in [2.05, 4.69) is 5.10 Å². The molecule has 5 nitrogen and oxygen atoms in total. The van der Waals surface area contributed by atoms with Crippen molar-refractivity contribution in [3.05, 3.63) is 47.3 Å². The first kappa shape index (κ1) is 23.0. The van der Waals surface area contributed by atoms with Crippen molar-refractivity contribution in [2.45, 2.75) is 26.9 Å². The third kappa shape index (κ3) is 5.01. The summed E-state index contributed by atoms with van der Waals surface area (Å²) in [7, 11) is 1.46. The van der Waals surface area contributed by atoms with Gasteiger partial charge in [0, 0.05) is 13.6 Å². The Hall–Kier alpha value is -2.06. The van der Waals surface area contributed by atoms with Crippen LogP contribution in [-0.2, 0) is 6.18 Å². The Morgan fingerprint density at radius 1 is 1.26 bits per heavy atom. The molecule has 0 aliphatic heterocycles. The molecule has 0 bridgehead atoms. The lowest BCUT2D eigenvalue weighted by molar-refractivity contribution is -0.143. The molecule has 9 heteroatoms. The zero-order valence-electron chi connectivity index (χ0n) is 15.7. The fraction of sp³-hybridized carbons (Fsp3) is 0.444. The maximum Gasteiger partial charge on any atom is 0.434 e. The Morgan fingerprint density at radius 2 is 1.85 bits per heavy atom. The molecule has 1 heterocycles. The monoisotopic (exact) mass is 404 g/mol. The van der Waals surface area contributed by atoms with Crippen molar-refractivity contribution >= 4 is 18.3 Å². The molecule has 0 atom stereocenters. The molecule has 1 aromatic heterocycles. The van der Waals surface area contributed by atoms with Crippen molar-refractivity contribution in [1.82, 2.24) is 14.7 Å². The normalized spacial score (nSPS) is 11.9. The van der Waals surface area contributed by atoms with Crippen molar-refractivity contribution < 1.29 is 18.0 Å². The van der Waals surface area contributed by atoms with Gasteiger partial charge in [-0.15, -0.1) is 12.4 Å². The van der Waals surface area contributed by atoms with Crippen LogP contribution in [0.15, 0.2) is 30.5 Å². The highest BCUT2D eigenvalue weighted by atomic mass is 35.5. The van der Waals surface area contributed by atoms with Crippen LogP contribution in [0.3, 0.4) is 0 Å². The largest absolute Gasteiger partial charge is 0.434 e. The number of carbonyl (C=O) groups excluding carboxylic acids is 1. The third-order valence-corrected chi connectivity index (χ3v) is 4.18. The minimum absolute atomic E-state index is 0. The van der Waals surface area contributed by atoms with E-state index < -0.39 is 28.8 Å². The van der Waals surface area contributed by atoms with Crippen molar-refractivity contribution in [3.63, 3.8) is 0 Å². The Bertz CT molecular complexity index is 802. The molecule has 0 aliphatic rings. The van der Waals surface area contributed by atoms with Gasteiger partial charge in [0.25, 0.3) is 5.91 Å². The van der Waals surface area contributed by atoms with Crippen LogP contribution >= 0.6 is 12.4 Å². The van der Waals surface area contributed by atoms with E-state index in [1.807, 2.05) is 13.8 Å². The highest BCUT2D eigenvalue weighted by molar-refractivity contribution is 5.95. The maximum absolute atomic E-state index is 13.7. The number of hydrogen-bond donors (Lipinski definition) is 1. The minimum Gasteiger partial charge on any atom is -0.341 e. The second kappa shape index (κ2) is 8.31. The molecule has 0 unspecified atom stereocenters. The number of amides is 1. The molecule has 2 rings (SSSR count). The van der Waals surface area contributed by atoms with Crippen LogP contribution in [0.1, 0.15) is 35.5 Å². The van der Waals surface area contributed by atoms with Gasteiger partial charge in [-0.25, -0.2) is 4.68 Å². The molecule has 0 saturated carbocycles. The first-order valence-electron chi connectivity index (χ1n) is 8.14. The van der Waals surface area contributed by atoms with Crippen molar-refractivity contribution in [2.75, 3.05) is 20.1 Å². The summed E-state index contributed by atoms with van der Waals surface area (Å²) < 4.78 is 42.0. The maximum atomic E-state index is 13.7. The van der Waals surface area contributed by atoms with Gasteiger partial charge in [-0.05, 0) is 30.5 Å². The Balaban J connectivity index is 0.00000364. The standard InChI is InChI=1S/C18H23F3N4O.ClH/c1-12-7-5-6-8-14(12)25-15(18(19,20)21)13(9-23-25)16(26)24(4)11-17(2,3)10-22;/h5-9H,10-11,22H2,1-4H3;1H. The molecule has 0 fully saturated rings. The molecule has 0 spiro atoms. The van der Waals surface area contributed by atoms with Gasteiger partial charge >= 0.3 is 6.18 Å². The SMILES string of the molecule is Cc1ccccc1-n1ncc(C(=O)N(C)CC(C)(C)CN)c1C(F)(F)F.Cl. The number of aryl methyl sites for hydroxylation is 1. The lowest BCUT2D eigenvalue weighted by Crippen LogP contribution is -2.40. The van der Waals surface area contributed by atoms with Crippen LogP contribution in [0.2, 0.25) is 0 Å². The second-order valence-corrected chi connectivity index (χ2v) is 7.13. The molecule has 0 radical (unpaired) electrons. The minimum atomic E-state index is -4.73. The van der Waals surface area contributed by atoms with E-state index in [0.29, 0.717) is 12.1 Å². The van der Waals surface area contributed by atoms with Crippen LogP contribution in [0.25, 0.3) is 5.69 Å². The topological polar surface area (TPSA) is 64.2 Å². The van der Waals surface area contributed by atoms with Crippen LogP contribution in [0.5, 0.6) is 0 Å². The van der Waals surface area contributed by atoms with E-state index in [4.69, 9.17) is 5.73 Å². The molecular formula is C18H24ClF3N4O. The number of para-hydroxylation sites is 1. The smallest absolute Gasteiger partial charge is 0.341 e. The van der Waals surface area contributed by atoms with E-state index in [9.17, 15) is 18.0 Å². The molecule has 2 aromatic rings. The summed E-state index contributed by atoms with van der Waals surface area (Å²) in [6.07, 6.45) is -3.75. The number of aromatic nitrogens is 2. The van der Waals surface area contributed by atoms with Gasteiger partial charge in [-0.1, -0.05) is 32.0 Å². The number of rotatable bonds is 5. The lowest BCUT2D eigenvalue weighted by atomic mass is 9.93. The Morgan fingerprint density at radius 3 is 2.37 bits per heavy atom. The first-order chi connectivity index (χ1) is 12.0. The van der Waals surface area contributed by atoms with Crippen LogP contribution in [0.4, 0.5) is 13.2 Å². The number of benzene rings is 1. The molecule has 27 heavy (non-hydrogen) atoms. The predicted octanol–water partition coefficient (Wildman–Crippen LogP) is 3.68. The summed E-state index contributed by atoms with van der Waals surface area (Å²) in [5.74, 6) is -0.737. The van der Waals surface area contributed by atoms with Crippen molar-refractivity contribution in [2.24, 2.45) is 11.1 Å². The van der Waals surface area contributed by atoms with Crippen molar-refractivity contribution in [1.29, 1.82) is 0 Å². The average Bonchev–Trinajstić information content (AvgIpc) is 2.99. The Labute approximate surface area is 162 Å². The summed E-state index contributed by atoms with van der Waals surface area (Å²) in [6, 6.07) is 6.58. The van der Waals surface area contributed by atoms with Crippen molar-refractivity contribution in [3.8, 4) is 5.69 Å². The zero-order valence-corrected chi connectivity index (χ0v) is 16.5. The lowest BCUT2D eigenvalue weighted by Gasteiger charge is -2.29. The van der Waals surface area contributed by atoms with E-state index in [-0.39, 0.29) is 24.6 Å². The van der Waals surface area contributed by atoms with E-state index >= 15 is 0 Å². The summed E-state index contributed by atoms with van der Waals surface area (Å²) in [6.45, 7) is 5.92. The van der Waals surface area contributed by atoms with E-state index in [1.165, 1.54) is 18.0 Å². The quantitative estimate of drug-likeness (QED) is 0.826. The second-order valence-electron chi connectivity index (χ2n) is 7.13. The van der Waals surface area contributed by atoms with Crippen LogP contribution < -0.4 is 5.73 Å². The van der Waals surface area contributed by atoms with Gasteiger partial charge in [0.15, 0.2) is 5.69 Å². The van der Waals surface area contributed by atoms with Gasteiger partial charge in [0.2, 0.25) is 0 Å². The van der Waals surface area contributed by atoms with E-state index in [1.54, 1.807) is 25.1 Å². The zero-order chi connectivity index (χ0) is 19.7. The molecule has 0 aliphatic carbocycles. The predicted molar refractivity (Wildman–Crippen MR) is 100 cm³/mol. The summed E-state index contributed by atoms with van der Waals surface area (Å²) in [5, 5.41) is 3.86. The summed E-state index contributed by atoms with van der Waals surface area (Å²) >= 11 is 0. The third-order valence-electron chi connectivity index (χ3n) is 4.18. The van der Waals surface area contributed by atoms with Gasteiger partial charge in [-0.2, -0.15) is 18.3 Å². The fourth-order valence-electron chi connectivity index (χ4n) is 2.75. The highest BCUT2D eigenvalue weighted by Gasteiger charge is 2.41. The first-order valence-corrected chi connectivity index (χ1v) is 8.14. The molecular weight excluding hydrogens is 381 g/mol. The molecule has 0 saturated heterocycles. The number of nitrogens with two attached hydrogens (primary N) is 1. The van der Waals surface area contributed by atoms with Gasteiger partial charge in [0.1, 0.15) is 0 Å². The van der Waals surface area contributed by atoms with Gasteiger partial charge in [0.05, 0.1) is 17.4 Å². The number of nitrogens with zero attached hydrogens (tertiary/aromatic N) is 3. The van der Waals surface area contributed by atoms with Gasteiger partial charge < -0.3 is 10.6 Å². The van der Waals surface area contributed by atoms with Gasteiger partial charge in [-0.3, -0.25) is 4.79 Å². The number of halogens is 4. The molecule has 1 aromatic carbocycles. The molecule has 2 N–H and O–H groups in total.